The van der Waals surface area contributed by atoms with Gasteiger partial charge in [-0.3, -0.25) is 4.90 Å². The van der Waals surface area contributed by atoms with Crippen LogP contribution in [0.25, 0.3) is 11.6 Å². The third-order valence-electron chi connectivity index (χ3n) is 5.20. The van der Waals surface area contributed by atoms with Crippen LogP contribution in [0.15, 0.2) is 15.3 Å². The van der Waals surface area contributed by atoms with Gasteiger partial charge < -0.3 is 10.2 Å². The Bertz CT molecular complexity index is 732. The van der Waals surface area contributed by atoms with Crippen molar-refractivity contribution in [2.24, 2.45) is 11.7 Å². The lowest BCUT2D eigenvalue weighted by Gasteiger charge is -2.45. The summed E-state index contributed by atoms with van der Waals surface area (Å²) in [6.07, 6.45) is 7.85. The van der Waals surface area contributed by atoms with E-state index in [-0.39, 0.29) is 5.63 Å². The number of nitrogens with zero attached hydrogens (tertiary/aromatic N) is 1. The molecule has 21 heavy (non-hydrogen) atoms. The van der Waals surface area contributed by atoms with Crippen LogP contribution in [-0.2, 0) is 6.42 Å². The van der Waals surface area contributed by atoms with Crippen molar-refractivity contribution in [3.8, 4) is 0 Å². The first-order chi connectivity index (χ1) is 10.3. The second kappa shape index (κ2) is 5.11. The first-order valence-corrected chi connectivity index (χ1v) is 8.10. The van der Waals surface area contributed by atoms with E-state index in [0.29, 0.717) is 18.5 Å². The van der Waals surface area contributed by atoms with Crippen molar-refractivity contribution in [2.75, 3.05) is 19.6 Å². The summed E-state index contributed by atoms with van der Waals surface area (Å²) in [6, 6.07) is 2.10. The number of hydrogen-bond donors (Lipinski definition) is 1. The molecule has 0 bridgehead atoms. The van der Waals surface area contributed by atoms with Crippen molar-refractivity contribution in [1.29, 1.82) is 0 Å². The molecule has 2 aliphatic heterocycles. The maximum absolute atomic E-state index is 11.9. The highest BCUT2D eigenvalue weighted by Gasteiger charge is 2.38. The van der Waals surface area contributed by atoms with E-state index in [1.165, 1.54) is 37.9 Å². The summed E-state index contributed by atoms with van der Waals surface area (Å²) in [5.74, 6) is 0.575. The van der Waals surface area contributed by atoms with Crippen molar-refractivity contribution in [2.45, 2.75) is 38.1 Å². The molecule has 3 aliphatic rings. The van der Waals surface area contributed by atoms with Gasteiger partial charge >= 0.3 is 5.63 Å². The summed E-state index contributed by atoms with van der Waals surface area (Å²) < 4.78 is 5.63. The van der Waals surface area contributed by atoms with Gasteiger partial charge in [0.2, 0.25) is 0 Å². The van der Waals surface area contributed by atoms with Crippen LogP contribution in [0.3, 0.4) is 0 Å². The number of rotatable bonds is 2. The maximum atomic E-state index is 11.9. The topological polar surface area (TPSA) is 59.5 Å². The number of hydrogen-bond acceptors (Lipinski definition) is 4. The highest BCUT2D eigenvalue weighted by molar-refractivity contribution is 5.58. The zero-order valence-corrected chi connectivity index (χ0v) is 12.3. The lowest BCUT2D eigenvalue weighted by Crippen LogP contribution is -2.54. The average Bonchev–Trinajstić information content (AvgIpc) is 2.49. The van der Waals surface area contributed by atoms with E-state index in [2.05, 4.69) is 11.0 Å². The second-order valence-corrected chi connectivity index (χ2v) is 6.45. The highest BCUT2D eigenvalue weighted by Crippen LogP contribution is 2.36. The Balaban J connectivity index is 2.00. The Labute approximate surface area is 123 Å². The van der Waals surface area contributed by atoms with E-state index >= 15 is 0 Å². The third kappa shape index (κ3) is 2.09. The molecule has 0 spiro atoms. The fourth-order valence-electron chi connectivity index (χ4n) is 4.42. The van der Waals surface area contributed by atoms with Crippen LogP contribution in [0.2, 0.25) is 0 Å². The average molecular weight is 286 g/mol. The first-order valence-electron chi connectivity index (χ1n) is 8.10. The molecule has 1 aromatic rings. The van der Waals surface area contributed by atoms with Gasteiger partial charge in [0.15, 0.2) is 0 Å². The van der Waals surface area contributed by atoms with Gasteiger partial charge in [0.1, 0.15) is 5.42 Å². The van der Waals surface area contributed by atoms with Crippen LogP contribution in [0.5, 0.6) is 0 Å². The van der Waals surface area contributed by atoms with Crippen molar-refractivity contribution < 1.29 is 4.42 Å². The molecule has 112 valence electrons. The molecule has 3 heterocycles. The van der Waals surface area contributed by atoms with Gasteiger partial charge in [0.05, 0.1) is 0 Å². The number of fused-ring (bicyclic) bond motifs is 1. The molecular formula is C17H22N2O2. The molecule has 2 saturated heterocycles. The predicted molar refractivity (Wildman–Crippen MR) is 82.2 cm³/mol. The van der Waals surface area contributed by atoms with Gasteiger partial charge in [-0.1, -0.05) is 6.08 Å². The smallest absolute Gasteiger partial charge is 0.336 e. The minimum absolute atomic E-state index is 0.232. The molecule has 2 unspecified atom stereocenters. The molecule has 0 saturated carbocycles. The number of nitrogens with two attached hydrogens (primary N) is 1. The highest BCUT2D eigenvalue weighted by atomic mass is 16.4. The van der Waals surface area contributed by atoms with E-state index in [1.54, 1.807) is 6.07 Å². The molecule has 2 N–H and O–H groups in total. The molecule has 4 rings (SSSR count). The molecular weight excluding hydrogens is 264 g/mol. The minimum atomic E-state index is -0.232. The van der Waals surface area contributed by atoms with Crippen LogP contribution >= 0.6 is 0 Å². The van der Waals surface area contributed by atoms with E-state index in [1.807, 2.05) is 0 Å². The van der Waals surface area contributed by atoms with Gasteiger partial charge in [-0.25, -0.2) is 4.79 Å². The van der Waals surface area contributed by atoms with Crippen molar-refractivity contribution in [3.63, 3.8) is 0 Å². The van der Waals surface area contributed by atoms with Crippen molar-refractivity contribution >= 4 is 11.6 Å². The zero-order chi connectivity index (χ0) is 14.4. The van der Waals surface area contributed by atoms with Crippen LogP contribution in [0.1, 0.15) is 31.2 Å². The summed E-state index contributed by atoms with van der Waals surface area (Å²) in [4.78, 5) is 14.5. The summed E-state index contributed by atoms with van der Waals surface area (Å²) in [7, 11) is 0. The van der Waals surface area contributed by atoms with E-state index in [9.17, 15) is 4.79 Å². The van der Waals surface area contributed by atoms with Crippen LogP contribution < -0.4 is 22.0 Å². The Morgan fingerprint density at radius 3 is 3.05 bits per heavy atom. The van der Waals surface area contributed by atoms with Gasteiger partial charge in [0.25, 0.3) is 0 Å². The Morgan fingerprint density at radius 2 is 2.19 bits per heavy atom. The van der Waals surface area contributed by atoms with Crippen LogP contribution in [0, 0.1) is 5.92 Å². The van der Waals surface area contributed by atoms with E-state index in [0.717, 1.165) is 29.0 Å². The standard InChI is InChI=1S/C17H22N2O2/c18-6-5-11-10-15(20)21-17-13-4-2-8-19-7-1-3-12(16(13)19)9-14(11)17/h9-10,12,16H,1-8,18H2. The summed E-state index contributed by atoms with van der Waals surface area (Å²) in [5, 5.41) is 1.15. The molecule has 0 aromatic carbocycles. The first kappa shape index (κ1) is 13.3. The zero-order valence-electron chi connectivity index (χ0n) is 12.3. The molecule has 1 aliphatic carbocycles. The molecule has 1 aromatic heterocycles. The van der Waals surface area contributed by atoms with E-state index < -0.39 is 0 Å². The largest absolute Gasteiger partial charge is 0.423 e. The molecule has 4 nitrogen and oxygen atoms in total. The summed E-state index contributed by atoms with van der Waals surface area (Å²) >= 11 is 0. The molecule has 2 fully saturated rings. The lowest BCUT2D eigenvalue weighted by atomic mass is 9.77. The molecule has 0 radical (unpaired) electrons. The molecule has 0 amide bonds. The lowest BCUT2D eigenvalue weighted by molar-refractivity contribution is 0.136. The number of piperidine rings is 2. The van der Waals surface area contributed by atoms with Gasteiger partial charge in [-0.15, -0.1) is 0 Å². The van der Waals surface area contributed by atoms with Crippen molar-refractivity contribution in [1.82, 2.24) is 4.90 Å². The van der Waals surface area contributed by atoms with Gasteiger partial charge in [-0.2, -0.15) is 0 Å². The monoisotopic (exact) mass is 286 g/mol. The normalized spacial score (nSPS) is 27.8. The fraction of sp³-hybridized carbons (Fsp3) is 0.588. The summed E-state index contributed by atoms with van der Waals surface area (Å²) in [5.41, 5.74) is 8.77. The predicted octanol–water partition coefficient (Wildman–Crippen LogP) is -0.0398. The Morgan fingerprint density at radius 1 is 1.33 bits per heavy atom. The molecule has 4 heteroatoms. The Kier molecular flexibility index (Phi) is 3.23. The minimum Gasteiger partial charge on any atom is -0.423 e. The quantitative estimate of drug-likeness (QED) is 0.829. The van der Waals surface area contributed by atoms with Gasteiger partial charge in [-0.05, 0) is 68.8 Å². The SMILES string of the molecule is NCCc1cc(=O)oc2c1=CC1CCCN3CCCC=2C13. The second-order valence-electron chi connectivity index (χ2n) is 6.45. The van der Waals surface area contributed by atoms with Crippen LogP contribution in [-0.4, -0.2) is 30.6 Å². The Hall–Kier alpha value is -1.39. The van der Waals surface area contributed by atoms with Crippen molar-refractivity contribution in [3.05, 3.63) is 32.7 Å². The third-order valence-corrected chi connectivity index (χ3v) is 5.20. The fourth-order valence-corrected chi connectivity index (χ4v) is 4.42. The maximum Gasteiger partial charge on any atom is 0.336 e. The van der Waals surface area contributed by atoms with Gasteiger partial charge in [0, 0.05) is 17.3 Å². The summed E-state index contributed by atoms with van der Waals surface area (Å²) in [6.45, 7) is 2.93. The van der Waals surface area contributed by atoms with E-state index in [4.69, 9.17) is 10.2 Å². The molecule has 2 atom stereocenters. The van der Waals surface area contributed by atoms with Crippen LogP contribution in [0.4, 0.5) is 0 Å².